The molecule has 3 nitrogen and oxygen atoms in total. The van der Waals surface area contributed by atoms with E-state index in [-0.39, 0.29) is 6.67 Å². The monoisotopic (exact) mass is 143 g/mol. The van der Waals surface area contributed by atoms with E-state index in [0.717, 1.165) is 5.69 Å². The first-order valence-electron chi connectivity index (χ1n) is 3.25. The van der Waals surface area contributed by atoms with Crippen molar-refractivity contribution in [1.29, 1.82) is 0 Å². The van der Waals surface area contributed by atoms with E-state index < -0.39 is 0 Å². The van der Waals surface area contributed by atoms with Crippen molar-refractivity contribution in [3.63, 3.8) is 0 Å². The average Bonchev–Trinajstić information content (AvgIpc) is 2.31. The van der Waals surface area contributed by atoms with Gasteiger partial charge < -0.3 is 0 Å². The number of nitrogens with zero attached hydrogens (tertiary/aromatic N) is 3. The molecule has 1 aromatic heterocycles. The molecule has 0 atom stereocenters. The van der Waals surface area contributed by atoms with E-state index >= 15 is 0 Å². The fourth-order valence-corrected chi connectivity index (χ4v) is 0.739. The van der Waals surface area contributed by atoms with Crippen LogP contribution in [0.4, 0.5) is 4.39 Å². The molecule has 0 unspecified atom stereocenters. The molecule has 1 heterocycles. The number of rotatable bonds is 3. The summed E-state index contributed by atoms with van der Waals surface area (Å²) in [7, 11) is 0. The Morgan fingerprint density at radius 3 is 3.00 bits per heavy atom. The lowest BCUT2D eigenvalue weighted by Gasteiger charge is -1.97. The van der Waals surface area contributed by atoms with Gasteiger partial charge in [0.25, 0.3) is 0 Å². The van der Waals surface area contributed by atoms with Gasteiger partial charge in [-0.15, -0.1) is 5.10 Å². The lowest BCUT2D eigenvalue weighted by atomic mass is 10.4. The normalized spacial score (nSPS) is 10.2. The van der Waals surface area contributed by atoms with Crippen molar-refractivity contribution in [3.05, 3.63) is 11.9 Å². The fourth-order valence-electron chi connectivity index (χ4n) is 0.739. The molecule has 0 aliphatic carbocycles. The maximum atomic E-state index is 11.7. The first kappa shape index (κ1) is 7.18. The van der Waals surface area contributed by atoms with Crippen LogP contribution < -0.4 is 0 Å². The highest BCUT2D eigenvalue weighted by molar-refractivity contribution is 4.87. The van der Waals surface area contributed by atoms with E-state index in [0.29, 0.717) is 13.0 Å². The number of aryl methyl sites for hydroxylation is 2. The first-order chi connectivity index (χ1) is 4.84. The molecule has 0 aromatic carbocycles. The Morgan fingerprint density at radius 1 is 1.70 bits per heavy atom. The zero-order valence-electron chi connectivity index (χ0n) is 5.92. The van der Waals surface area contributed by atoms with Crippen LogP contribution in [0.3, 0.4) is 0 Å². The third-order valence-corrected chi connectivity index (χ3v) is 1.31. The quantitative estimate of drug-likeness (QED) is 0.630. The maximum Gasteiger partial charge on any atom is 0.0912 e. The Balaban J connectivity index is 2.49. The molecule has 0 aliphatic rings. The van der Waals surface area contributed by atoms with Gasteiger partial charge in [0, 0.05) is 6.54 Å². The van der Waals surface area contributed by atoms with Crippen LogP contribution >= 0.6 is 0 Å². The van der Waals surface area contributed by atoms with E-state index in [1.165, 1.54) is 0 Å². The minimum absolute atomic E-state index is 0.292. The number of halogens is 1. The van der Waals surface area contributed by atoms with E-state index in [1.54, 1.807) is 10.9 Å². The molecule has 0 bridgehead atoms. The zero-order valence-corrected chi connectivity index (χ0v) is 5.92. The Kier molecular flexibility index (Phi) is 2.36. The first-order valence-corrected chi connectivity index (χ1v) is 3.25. The van der Waals surface area contributed by atoms with Crippen LogP contribution in [-0.2, 0) is 6.54 Å². The minimum atomic E-state index is -0.292. The standard InChI is InChI=1S/C6H10FN3/c1-6-5-8-9-10(6)4-2-3-7/h5H,2-4H2,1H3. The second-order valence-electron chi connectivity index (χ2n) is 2.14. The molecule has 0 spiro atoms. The van der Waals surface area contributed by atoms with Gasteiger partial charge in [-0.2, -0.15) is 0 Å². The average molecular weight is 143 g/mol. The molecule has 0 aliphatic heterocycles. The van der Waals surface area contributed by atoms with Gasteiger partial charge in [0.05, 0.1) is 18.6 Å². The highest BCUT2D eigenvalue weighted by Gasteiger charge is 1.95. The van der Waals surface area contributed by atoms with Crippen LogP contribution in [0.25, 0.3) is 0 Å². The van der Waals surface area contributed by atoms with Crippen molar-refractivity contribution >= 4 is 0 Å². The summed E-state index contributed by atoms with van der Waals surface area (Å²) in [6.07, 6.45) is 2.18. The molecule has 0 saturated heterocycles. The Labute approximate surface area is 58.9 Å². The summed E-state index contributed by atoms with van der Waals surface area (Å²) in [5, 5.41) is 7.42. The van der Waals surface area contributed by atoms with Crippen molar-refractivity contribution in [3.8, 4) is 0 Å². The molecule has 0 N–H and O–H groups in total. The predicted octanol–water partition coefficient (Wildman–Crippen LogP) is 0.946. The van der Waals surface area contributed by atoms with E-state index in [1.807, 2.05) is 6.92 Å². The second-order valence-corrected chi connectivity index (χ2v) is 2.14. The molecule has 56 valence electrons. The molecular weight excluding hydrogens is 133 g/mol. The lowest BCUT2D eigenvalue weighted by molar-refractivity contribution is 0.428. The van der Waals surface area contributed by atoms with Crippen molar-refractivity contribution in [2.45, 2.75) is 19.9 Å². The smallest absolute Gasteiger partial charge is 0.0912 e. The van der Waals surface area contributed by atoms with Gasteiger partial charge in [0.2, 0.25) is 0 Å². The molecule has 0 amide bonds. The van der Waals surface area contributed by atoms with Crippen molar-refractivity contribution < 1.29 is 4.39 Å². The fraction of sp³-hybridized carbons (Fsp3) is 0.667. The predicted molar refractivity (Wildman–Crippen MR) is 35.4 cm³/mol. The van der Waals surface area contributed by atoms with Crippen molar-refractivity contribution in [1.82, 2.24) is 15.0 Å². The highest BCUT2D eigenvalue weighted by Crippen LogP contribution is 1.94. The SMILES string of the molecule is Cc1cnnn1CCCF. The largest absolute Gasteiger partial charge is 0.251 e. The maximum absolute atomic E-state index is 11.7. The van der Waals surface area contributed by atoms with Crippen LogP contribution in [0.2, 0.25) is 0 Å². The van der Waals surface area contributed by atoms with E-state index in [4.69, 9.17) is 0 Å². The highest BCUT2D eigenvalue weighted by atomic mass is 19.1. The molecule has 0 radical (unpaired) electrons. The molecule has 10 heavy (non-hydrogen) atoms. The van der Waals surface area contributed by atoms with Crippen molar-refractivity contribution in [2.75, 3.05) is 6.67 Å². The summed E-state index contributed by atoms with van der Waals surface area (Å²) < 4.78 is 13.3. The van der Waals surface area contributed by atoms with Crippen LogP contribution in [0.1, 0.15) is 12.1 Å². The van der Waals surface area contributed by atoms with E-state index in [9.17, 15) is 4.39 Å². The molecule has 0 saturated carbocycles. The van der Waals surface area contributed by atoms with Gasteiger partial charge in [-0.05, 0) is 13.3 Å². The Morgan fingerprint density at radius 2 is 2.50 bits per heavy atom. The van der Waals surface area contributed by atoms with E-state index in [2.05, 4.69) is 10.3 Å². The summed E-state index contributed by atoms with van der Waals surface area (Å²) in [5.41, 5.74) is 0.980. The zero-order chi connectivity index (χ0) is 7.40. The summed E-state index contributed by atoms with van der Waals surface area (Å²) >= 11 is 0. The molecule has 1 rings (SSSR count). The van der Waals surface area contributed by atoms with Gasteiger partial charge in [-0.1, -0.05) is 5.21 Å². The third-order valence-electron chi connectivity index (χ3n) is 1.31. The summed E-state index contributed by atoms with van der Waals surface area (Å²) in [5.74, 6) is 0. The molecule has 4 heteroatoms. The molecule has 1 aromatic rings. The topological polar surface area (TPSA) is 30.7 Å². The van der Waals surface area contributed by atoms with Gasteiger partial charge in [-0.3, -0.25) is 4.39 Å². The van der Waals surface area contributed by atoms with Crippen LogP contribution in [0.5, 0.6) is 0 Å². The second kappa shape index (κ2) is 3.29. The van der Waals surface area contributed by atoms with Gasteiger partial charge in [0.15, 0.2) is 0 Å². The Hall–Kier alpha value is -0.930. The van der Waals surface area contributed by atoms with Crippen LogP contribution in [0, 0.1) is 6.92 Å². The minimum Gasteiger partial charge on any atom is -0.251 e. The third kappa shape index (κ3) is 1.52. The lowest BCUT2D eigenvalue weighted by Crippen LogP contribution is -2.02. The number of aromatic nitrogens is 3. The van der Waals surface area contributed by atoms with Gasteiger partial charge in [-0.25, -0.2) is 4.68 Å². The number of alkyl halides is 1. The summed E-state index contributed by atoms with van der Waals surface area (Å²) in [4.78, 5) is 0. The van der Waals surface area contributed by atoms with Crippen LogP contribution in [-0.4, -0.2) is 21.7 Å². The Bertz CT molecular complexity index is 197. The van der Waals surface area contributed by atoms with Crippen molar-refractivity contribution in [2.24, 2.45) is 0 Å². The molecule has 0 fully saturated rings. The summed E-state index contributed by atoms with van der Waals surface area (Å²) in [6.45, 7) is 2.24. The number of hydrogen-bond acceptors (Lipinski definition) is 2. The van der Waals surface area contributed by atoms with Gasteiger partial charge >= 0.3 is 0 Å². The summed E-state index contributed by atoms with van der Waals surface area (Å²) in [6, 6.07) is 0. The van der Waals surface area contributed by atoms with Gasteiger partial charge in [0.1, 0.15) is 0 Å². The van der Waals surface area contributed by atoms with Crippen LogP contribution in [0.15, 0.2) is 6.20 Å². The molecular formula is C6H10FN3. The number of hydrogen-bond donors (Lipinski definition) is 0.